The van der Waals surface area contributed by atoms with Crippen LogP contribution in [-0.4, -0.2) is 71.5 Å². The molecule has 0 aliphatic rings. The zero-order valence-electron chi connectivity index (χ0n) is 37.4. The molecule has 2 N–H and O–H groups in total. The predicted molar refractivity (Wildman–Crippen MR) is 217 cm³/mol. The molecule has 6 rings (SSSR count). The fourth-order valence-corrected chi connectivity index (χ4v) is 7.30. The molecule has 0 aliphatic carbocycles. The molecule has 1 radical (unpaired) electrons. The minimum absolute atomic E-state index is 0. The summed E-state index contributed by atoms with van der Waals surface area (Å²) in [5.74, 6) is -6.12. The molecule has 0 aromatic heterocycles. The van der Waals surface area contributed by atoms with Gasteiger partial charge in [0.25, 0.3) is 22.7 Å². The van der Waals surface area contributed by atoms with Gasteiger partial charge in [-0.3, -0.25) is 40.5 Å². The quantitative estimate of drug-likeness (QED) is 0.0336. The summed E-state index contributed by atoms with van der Waals surface area (Å²) in [6.07, 6.45) is 0. The van der Waals surface area contributed by atoms with E-state index in [1.165, 1.54) is 24.3 Å². The smallest absolute Gasteiger partial charge is 0.871 e. The van der Waals surface area contributed by atoms with E-state index in [1.54, 1.807) is 7.05 Å². The van der Waals surface area contributed by atoms with E-state index in [-0.39, 0.29) is 163 Å². The second-order valence-corrected chi connectivity index (χ2v) is 17.2. The Balaban J connectivity index is 0.00000134. The van der Waals surface area contributed by atoms with Gasteiger partial charge in [0, 0.05) is 42.1 Å². The maximum atomic E-state index is 12.9. The van der Waals surface area contributed by atoms with E-state index in [1.807, 2.05) is 0 Å². The first-order chi connectivity index (χ1) is 31.5. The molecule has 6 aromatic rings. The van der Waals surface area contributed by atoms with Crippen molar-refractivity contribution in [3.8, 4) is 23.0 Å². The number of azo groups is 2. The number of non-ortho nitro benzene ring substituents is 2. The van der Waals surface area contributed by atoms with Crippen molar-refractivity contribution in [3.63, 3.8) is 0 Å². The number of anilines is 2. The summed E-state index contributed by atoms with van der Waals surface area (Å²) in [6.45, 7) is 0. The topological polar surface area (TPSA) is 510 Å². The number of hydrogen-bond donors (Lipinski definition) is 2. The fourth-order valence-electron chi connectivity index (χ4n) is 5.67. The van der Waals surface area contributed by atoms with Gasteiger partial charge in [0.15, 0.2) is 0 Å². The van der Waals surface area contributed by atoms with E-state index in [4.69, 9.17) is 0 Å². The van der Waals surface area contributed by atoms with E-state index in [0.29, 0.717) is 30.0 Å². The van der Waals surface area contributed by atoms with Gasteiger partial charge in [-0.2, -0.15) is 10.2 Å². The van der Waals surface area contributed by atoms with Crippen molar-refractivity contribution in [3.05, 3.63) is 113 Å². The van der Waals surface area contributed by atoms with Gasteiger partial charge in [-0.1, -0.05) is 23.6 Å². The summed E-state index contributed by atoms with van der Waals surface area (Å²) in [4.78, 5) is 37.3. The molecule has 31 nitrogen and oxygen atoms in total. The van der Waals surface area contributed by atoms with Crippen LogP contribution in [0.4, 0.5) is 56.9 Å². The van der Waals surface area contributed by atoms with Crippen molar-refractivity contribution >= 4 is 109 Å². The number of hydrogen-bond acceptors (Lipinski definition) is 27. The monoisotopic (exact) mass is 1140 g/mol. The summed E-state index contributed by atoms with van der Waals surface area (Å²) >= 11 is 0. The van der Waals surface area contributed by atoms with Gasteiger partial charge in [0.05, 0.1) is 64.4 Å². The van der Waals surface area contributed by atoms with E-state index < -0.39 is 134 Å². The van der Waals surface area contributed by atoms with Crippen molar-refractivity contribution < 1.29 is 215 Å². The molecule has 0 fully saturated rings. The summed E-state index contributed by atoms with van der Waals surface area (Å²) in [5.41, 5.74) is -7.78. The van der Waals surface area contributed by atoms with Gasteiger partial charge in [-0.25, -0.2) is 25.3 Å². The molecule has 39 heteroatoms. The van der Waals surface area contributed by atoms with Crippen LogP contribution in [0.3, 0.4) is 0 Å². The Morgan fingerprint density at radius 2 is 0.849 bits per heavy atom. The third-order valence-corrected chi connectivity index (χ3v) is 10.9. The van der Waals surface area contributed by atoms with Crippen molar-refractivity contribution in [2.24, 2.45) is 20.5 Å². The number of benzene rings is 6. The third kappa shape index (κ3) is 16.8. The normalized spacial score (nSPS) is 11.1. The van der Waals surface area contributed by atoms with E-state index in [2.05, 4.69) is 31.1 Å². The second kappa shape index (κ2) is 27.5. The van der Waals surface area contributed by atoms with E-state index in [0.717, 1.165) is 24.3 Å². The molecule has 73 heavy (non-hydrogen) atoms. The number of nitrogens with one attached hydrogen (secondary N) is 2. The van der Waals surface area contributed by atoms with Gasteiger partial charge in [-0.15, -0.1) is 10.2 Å². The van der Waals surface area contributed by atoms with Crippen LogP contribution in [0.5, 0.6) is 23.0 Å². The van der Waals surface area contributed by atoms with Gasteiger partial charge in [-0.05, 0) is 57.9 Å². The van der Waals surface area contributed by atoms with Crippen molar-refractivity contribution in [2.75, 3.05) is 23.6 Å². The zero-order chi connectivity index (χ0) is 50.8. The average molecular weight is 1140 g/mol. The Kier molecular flexibility index (Phi) is 25.9. The van der Waals surface area contributed by atoms with Crippen LogP contribution in [0, 0.1) is 40.5 Å². The van der Waals surface area contributed by atoms with Crippen LogP contribution in [0.2, 0.25) is 0 Å². The van der Waals surface area contributed by atoms with Crippen LogP contribution in [0.25, 0.3) is 21.5 Å². The largest absolute Gasteiger partial charge is 3.00 e. The fraction of sp³-hybridized carbons (Fsp3) is 0.0588. The summed E-state index contributed by atoms with van der Waals surface area (Å²) in [5, 5.41) is 112. The Hall–Kier alpha value is -4.30. The Bertz CT molecular complexity index is 3580. The average Bonchev–Trinajstić information content (AvgIpc) is 3.24. The minimum atomic E-state index is -5.38. The Morgan fingerprint density at radius 1 is 0.493 bits per heavy atom. The standard InChI is InChI=1S/C17H13N5O12S2.C17H13N5O9S.Cr.4Na/c23-16-11-4-9(18-7-35(29,30)31)2-1-8(11)3-14(36(32,33)34)15(16)20-19-12-5-10(21(25)26)6-13(17(12)24)22(27)28;1-18-9-3-2-8-4-14(32(29,30)31)15(16(23)11(8)5-9)20-19-12-6-10(21(25)26)7-13(17(12)24)22(27)28;;;;;/h1-6,18,23-24H,7H2,(H,29,30,31)(H,32,33,34);2-7,18,23-24H,1H3,(H,29,30,31);;;;;/q;;+3;4*+1/p-7. The molecule has 0 bridgehead atoms. The van der Waals surface area contributed by atoms with E-state index in [9.17, 15) is 99.8 Å². The van der Waals surface area contributed by atoms with Crippen LogP contribution in [0.1, 0.15) is 0 Å². The molecule has 359 valence electrons. The molecule has 6 aromatic carbocycles. The summed E-state index contributed by atoms with van der Waals surface area (Å²) < 4.78 is 103. The van der Waals surface area contributed by atoms with E-state index >= 15 is 0 Å². The molecule has 0 unspecified atom stereocenters. The molecule has 0 atom stereocenters. The zero-order valence-corrected chi connectivity index (χ0v) is 49.1. The first kappa shape index (κ1) is 68.7. The number of nitrogens with zero attached hydrogens (tertiary/aromatic N) is 8. The van der Waals surface area contributed by atoms with Crippen LogP contribution in [-0.2, 0) is 47.7 Å². The molecular weight excluding hydrogens is 1120 g/mol. The third-order valence-electron chi connectivity index (χ3n) is 8.75. The molecule has 0 saturated carbocycles. The van der Waals surface area contributed by atoms with Crippen LogP contribution >= 0.6 is 0 Å². The van der Waals surface area contributed by atoms with Gasteiger partial charge in [0.1, 0.15) is 36.2 Å². The SMILES string of the molecule is CNc1ccc2cc(S(=O)(=O)[O-])c(N=Nc3cc([N+](=O)[O-])cc([N+](=O)[O-])c3[O-])c([O-])c2c1.O=[N+]([O-])c1cc(N=Nc2c(S(=O)(=O)[O-])cc3ccc(NCS(=O)(=O)[O-])cc3c2[O-])c([O-])c([N+](=O)[O-])c1.[Cr+3].[Na+].[Na+].[Na+].[Na+]. The first-order valence-electron chi connectivity index (χ1n) is 17.5. The summed E-state index contributed by atoms with van der Waals surface area (Å²) in [6, 6.07) is 11.0. The first-order valence-corrected chi connectivity index (χ1v) is 21.9. The number of nitro benzene ring substituents is 4. The van der Waals surface area contributed by atoms with Crippen LogP contribution in [0.15, 0.2) is 103 Å². The number of fused-ring (bicyclic) bond motifs is 2. The molecule has 0 amide bonds. The Morgan fingerprint density at radius 3 is 1.16 bits per heavy atom. The van der Waals surface area contributed by atoms with Gasteiger partial charge in [0.2, 0.25) is 0 Å². The number of nitro groups is 4. The molecule has 0 spiro atoms. The van der Waals surface area contributed by atoms with Gasteiger partial charge >= 0.3 is 136 Å². The Labute approximate surface area is 507 Å². The second-order valence-electron chi connectivity index (χ2n) is 13.1. The maximum absolute atomic E-state index is 12.9. The number of rotatable bonds is 14. The molecular formula is C34H19CrN10Na4O21S3. The van der Waals surface area contributed by atoms with Crippen molar-refractivity contribution in [1.29, 1.82) is 0 Å². The van der Waals surface area contributed by atoms with Crippen LogP contribution < -0.4 is 149 Å². The summed E-state index contributed by atoms with van der Waals surface area (Å²) in [7, 11) is -13.8. The molecule has 0 aliphatic heterocycles. The van der Waals surface area contributed by atoms with Crippen molar-refractivity contribution in [1.82, 2.24) is 0 Å². The molecule has 0 heterocycles. The predicted octanol–water partition coefficient (Wildman–Crippen LogP) is -8.78. The van der Waals surface area contributed by atoms with Crippen molar-refractivity contribution in [2.45, 2.75) is 9.79 Å². The van der Waals surface area contributed by atoms with Gasteiger partial charge < -0.3 is 44.7 Å². The minimum Gasteiger partial charge on any atom is -0.871 e. The molecule has 0 saturated heterocycles. The maximum Gasteiger partial charge on any atom is 3.00 e.